The molecule has 0 saturated heterocycles. The summed E-state index contributed by atoms with van der Waals surface area (Å²) in [5.41, 5.74) is 5.41. The molecule has 0 spiro atoms. The zero-order valence-electron chi connectivity index (χ0n) is 34.1. The van der Waals surface area contributed by atoms with Crippen molar-refractivity contribution in [2.75, 3.05) is 47.2 Å². The van der Waals surface area contributed by atoms with Gasteiger partial charge in [-0.15, -0.1) is 6.58 Å². The third-order valence-corrected chi connectivity index (χ3v) is 11.5. The minimum Gasteiger partial charge on any atom is -0.487 e. The van der Waals surface area contributed by atoms with Gasteiger partial charge in [0.25, 0.3) is 0 Å². The highest BCUT2D eigenvalue weighted by molar-refractivity contribution is 6.02. The third kappa shape index (κ3) is 9.91. The number of aliphatic hydroxyl groups excluding tert-OH is 2. The number of carbonyl (C=O) groups excluding carboxylic acids is 1. The van der Waals surface area contributed by atoms with E-state index < -0.39 is 23.8 Å². The summed E-state index contributed by atoms with van der Waals surface area (Å²) in [6, 6.07) is 20.9. The minimum absolute atomic E-state index is 0.0620. The molecule has 2 heterocycles. The number of pyridine rings is 1. The summed E-state index contributed by atoms with van der Waals surface area (Å²) in [5, 5.41) is 24.3. The second kappa shape index (κ2) is 20.8. The molecule has 12 nitrogen and oxygen atoms in total. The van der Waals surface area contributed by atoms with Gasteiger partial charge in [0.1, 0.15) is 37.9 Å². The number of aryl methyl sites for hydroxylation is 1. The van der Waals surface area contributed by atoms with Crippen LogP contribution in [0.3, 0.4) is 0 Å². The van der Waals surface area contributed by atoms with Crippen LogP contribution >= 0.6 is 0 Å². The van der Waals surface area contributed by atoms with Gasteiger partial charge < -0.3 is 43.6 Å². The normalized spacial score (nSPS) is 23.8. The highest BCUT2D eigenvalue weighted by Crippen LogP contribution is 2.61. The predicted octanol–water partition coefficient (Wildman–Crippen LogP) is 7.52. The van der Waals surface area contributed by atoms with Crippen molar-refractivity contribution in [1.82, 2.24) is 9.88 Å². The fraction of sp³-hybridized carbons (Fsp3) is 0.500. The van der Waals surface area contributed by atoms with Gasteiger partial charge >= 0.3 is 6.09 Å². The number of carbonyl (C=O) groups is 1. The first-order valence-electron chi connectivity index (χ1n) is 20.5. The molecule has 58 heavy (non-hydrogen) atoms. The average molecular weight is 798 g/mol. The lowest BCUT2D eigenvalue weighted by Gasteiger charge is -2.59. The molecule has 1 saturated carbocycles. The van der Waals surface area contributed by atoms with Crippen molar-refractivity contribution >= 4 is 11.8 Å². The SMILES string of the molecule is C=CCOC12Oc3ccc(OCc4cccc(C)n4)cc3C3C(CCCCO)C(CCCCO)C=C(C(=NOC)CC1N(C)C(=O)OCCOCc1ccccc1)C32. The van der Waals surface area contributed by atoms with Crippen LogP contribution in [0, 0.1) is 24.7 Å². The van der Waals surface area contributed by atoms with Gasteiger partial charge in [0.2, 0.25) is 5.79 Å². The van der Waals surface area contributed by atoms with Crippen LogP contribution < -0.4 is 9.47 Å². The fourth-order valence-electron chi connectivity index (χ4n) is 8.95. The first-order valence-corrected chi connectivity index (χ1v) is 20.5. The van der Waals surface area contributed by atoms with Crippen molar-refractivity contribution in [3.63, 3.8) is 0 Å². The van der Waals surface area contributed by atoms with Gasteiger partial charge in [-0.1, -0.05) is 66.5 Å². The molecule has 2 aromatic carbocycles. The van der Waals surface area contributed by atoms with E-state index in [4.69, 9.17) is 28.5 Å². The molecule has 6 unspecified atom stereocenters. The summed E-state index contributed by atoms with van der Waals surface area (Å²) >= 11 is 0. The number of likely N-dealkylation sites (N-methyl/N-ethyl adjacent to an activating group) is 1. The number of benzene rings is 2. The van der Waals surface area contributed by atoms with E-state index in [2.05, 4.69) is 28.9 Å². The van der Waals surface area contributed by atoms with Crippen molar-refractivity contribution in [3.05, 3.63) is 114 Å². The lowest BCUT2D eigenvalue weighted by atomic mass is 9.55. The van der Waals surface area contributed by atoms with Crippen LogP contribution in [0.4, 0.5) is 4.79 Å². The Bertz CT molecular complexity index is 1870. The number of aromatic nitrogens is 1. The van der Waals surface area contributed by atoms with Gasteiger partial charge in [0.05, 0.1) is 37.1 Å². The number of hydrogen-bond acceptors (Lipinski definition) is 11. The topological polar surface area (TPSA) is 141 Å². The Morgan fingerprint density at radius 3 is 2.55 bits per heavy atom. The zero-order valence-corrected chi connectivity index (χ0v) is 34.1. The van der Waals surface area contributed by atoms with Crippen LogP contribution in [0.15, 0.2) is 96.2 Å². The Labute approximate surface area is 342 Å². The Kier molecular flexibility index (Phi) is 15.4. The smallest absolute Gasteiger partial charge is 0.410 e. The predicted molar refractivity (Wildman–Crippen MR) is 220 cm³/mol. The van der Waals surface area contributed by atoms with E-state index >= 15 is 0 Å². The van der Waals surface area contributed by atoms with Gasteiger partial charge in [0.15, 0.2) is 0 Å². The Balaban J connectivity index is 1.40. The Morgan fingerprint density at radius 1 is 1.02 bits per heavy atom. The molecule has 0 radical (unpaired) electrons. The molecule has 3 aromatic rings. The molecule has 6 atom stereocenters. The number of unbranched alkanes of at least 4 members (excludes halogenated alkanes) is 2. The van der Waals surface area contributed by atoms with Crippen molar-refractivity contribution < 1.29 is 43.5 Å². The van der Waals surface area contributed by atoms with E-state index in [-0.39, 0.29) is 57.2 Å². The maximum Gasteiger partial charge on any atom is 0.410 e. The summed E-state index contributed by atoms with van der Waals surface area (Å²) in [6.07, 6.45) is 8.43. The van der Waals surface area contributed by atoms with Crippen molar-refractivity contribution in [3.8, 4) is 11.5 Å². The number of nitrogens with zero attached hydrogens (tertiary/aromatic N) is 3. The van der Waals surface area contributed by atoms with Gasteiger partial charge in [0, 0.05) is 43.9 Å². The Hall–Kier alpha value is -4.75. The second-order valence-corrected chi connectivity index (χ2v) is 15.3. The molecule has 1 amide bonds. The molecule has 1 fully saturated rings. The molecule has 6 rings (SSSR count). The zero-order chi connectivity index (χ0) is 40.9. The summed E-state index contributed by atoms with van der Waals surface area (Å²) in [5.74, 6) is -0.457. The summed E-state index contributed by atoms with van der Waals surface area (Å²) < 4.78 is 32.1. The van der Waals surface area contributed by atoms with Crippen LogP contribution in [-0.4, -0.2) is 90.9 Å². The van der Waals surface area contributed by atoms with Crippen LogP contribution in [0.25, 0.3) is 0 Å². The molecule has 1 aromatic heterocycles. The lowest BCUT2D eigenvalue weighted by Crippen LogP contribution is -2.69. The van der Waals surface area contributed by atoms with Crippen molar-refractivity contribution in [1.29, 1.82) is 0 Å². The van der Waals surface area contributed by atoms with Crippen molar-refractivity contribution in [2.45, 2.75) is 82.8 Å². The monoisotopic (exact) mass is 797 g/mol. The number of ether oxygens (including phenoxy) is 5. The molecular weight excluding hydrogens is 739 g/mol. The molecule has 3 aliphatic rings. The molecule has 312 valence electrons. The van der Waals surface area contributed by atoms with Gasteiger partial charge in [-0.25, -0.2) is 4.79 Å². The van der Waals surface area contributed by atoms with Crippen LogP contribution in [0.5, 0.6) is 11.5 Å². The first-order chi connectivity index (χ1) is 28.3. The average Bonchev–Trinajstić information content (AvgIpc) is 3.23. The number of hydrogen-bond donors (Lipinski definition) is 2. The summed E-state index contributed by atoms with van der Waals surface area (Å²) in [4.78, 5) is 25.7. The van der Waals surface area contributed by atoms with E-state index in [1.807, 2.05) is 67.6 Å². The molecule has 1 aliphatic heterocycles. The van der Waals surface area contributed by atoms with E-state index in [9.17, 15) is 15.0 Å². The number of amides is 1. The second-order valence-electron chi connectivity index (χ2n) is 15.3. The number of aliphatic hydroxyl groups is 2. The largest absolute Gasteiger partial charge is 0.487 e. The summed E-state index contributed by atoms with van der Waals surface area (Å²) in [6.45, 7) is 7.33. The van der Waals surface area contributed by atoms with Crippen LogP contribution in [0.1, 0.15) is 73.4 Å². The van der Waals surface area contributed by atoms with Gasteiger partial charge in [-0.05, 0) is 85.9 Å². The maximum absolute atomic E-state index is 14.0. The first kappa shape index (κ1) is 42.8. The Morgan fingerprint density at radius 2 is 1.81 bits per heavy atom. The van der Waals surface area contributed by atoms with Crippen LogP contribution in [-0.2, 0) is 32.3 Å². The van der Waals surface area contributed by atoms with Crippen molar-refractivity contribution in [2.24, 2.45) is 22.9 Å². The highest BCUT2D eigenvalue weighted by atomic mass is 16.7. The quantitative estimate of drug-likeness (QED) is 0.0632. The number of fused-ring (bicyclic) bond motifs is 2. The van der Waals surface area contributed by atoms with E-state index in [0.717, 1.165) is 53.8 Å². The fourth-order valence-corrected chi connectivity index (χ4v) is 8.95. The molecule has 0 bridgehead atoms. The van der Waals surface area contributed by atoms with E-state index in [0.29, 0.717) is 43.3 Å². The molecule has 12 heteroatoms. The van der Waals surface area contributed by atoms with Gasteiger partial charge in [-0.2, -0.15) is 0 Å². The lowest BCUT2D eigenvalue weighted by molar-refractivity contribution is -0.253. The molecular formula is C46H59N3O9. The third-order valence-electron chi connectivity index (χ3n) is 11.5. The number of allylic oxidation sites excluding steroid dienone is 1. The van der Waals surface area contributed by atoms with E-state index in [1.165, 1.54) is 7.11 Å². The molecule has 2 N–H and O–H groups in total. The van der Waals surface area contributed by atoms with Gasteiger partial charge in [-0.3, -0.25) is 4.98 Å². The van der Waals surface area contributed by atoms with E-state index in [1.54, 1.807) is 18.0 Å². The highest BCUT2D eigenvalue weighted by Gasteiger charge is 2.65. The number of rotatable bonds is 21. The molecule has 2 aliphatic carbocycles. The standard InChI is InChI=1S/C46H59N3O9/c1-5-24-57-46-42(49(3)45(52)55-26-25-54-30-33-15-7-6-8-16-33)29-40(48-53-4)38-27-34(17-9-11-22-50)37(19-10-12-23-51)43(44(38)46)39-28-36(20-21-41(39)58-46)56-31-35-18-13-14-32(2)47-35/h5-8,13-16,18,20-21,27-28,34,37,42-44,50-51H,1,9-12,17,19,22-26,29-31H2,2-4H3. The summed E-state index contributed by atoms with van der Waals surface area (Å²) in [7, 11) is 3.24. The van der Waals surface area contributed by atoms with Crippen LogP contribution in [0.2, 0.25) is 0 Å². The maximum atomic E-state index is 14.0. The number of oxime groups is 1. The minimum atomic E-state index is -1.37.